The van der Waals surface area contributed by atoms with Gasteiger partial charge in [-0.1, -0.05) is 43.7 Å². The lowest BCUT2D eigenvalue weighted by molar-refractivity contribution is 1.21. The average molecular weight is 326 g/mol. The molecule has 0 N–H and O–H groups in total. The van der Waals surface area contributed by atoms with Crippen molar-refractivity contribution in [1.82, 2.24) is 15.0 Å². The number of hydrogen-bond acceptors (Lipinski definition) is 3. The van der Waals surface area contributed by atoms with Crippen molar-refractivity contribution in [3.8, 4) is 0 Å². The van der Waals surface area contributed by atoms with Crippen LogP contribution < -0.4 is 0 Å². The molecular formula is C19H20ClN3. The van der Waals surface area contributed by atoms with Crippen molar-refractivity contribution in [2.75, 3.05) is 0 Å². The summed E-state index contributed by atoms with van der Waals surface area (Å²) in [5.74, 6) is 0. The quantitative estimate of drug-likeness (QED) is 0.587. The second-order valence-electron chi connectivity index (χ2n) is 4.80. The van der Waals surface area contributed by atoms with Crippen molar-refractivity contribution < 1.29 is 0 Å². The molecule has 0 aliphatic rings. The summed E-state index contributed by atoms with van der Waals surface area (Å²) in [5.41, 5.74) is 5.07. The van der Waals surface area contributed by atoms with Crippen LogP contribution in [0.5, 0.6) is 0 Å². The molecule has 3 nitrogen and oxygen atoms in total. The first-order valence-electron chi connectivity index (χ1n) is 7.69. The van der Waals surface area contributed by atoms with Gasteiger partial charge in [0.1, 0.15) is 11.5 Å². The van der Waals surface area contributed by atoms with Crippen LogP contribution in [0.3, 0.4) is 0 Å². The van der Waals surface area contributed by atoms with E-state index >= 15 is 0 Å². The molecule has 3 aromatic rings. The van der Waals surface area contributed by atoms with Crippen LogP contribution >= 0.6 is 11.6 Å². The normalized spacial score (nSPS) is 11.1. The summed E-state index contributed by atoms with van der Waals surface area (Å²) >= 11 is 6.04. The Kier molecular flexibility index (Phi) is 5.83. The van der Waals surface area contributed by atoms with E-state index in [4.69, 9.17) is 11.6 Å². The Morgan fingerprint density at radius 2 is 1.91 bits per heavy atom. The Hall–Kier alpha value is -2.26. The highest BCUT2D eigenvalue weighted by molar-refractivity contribution is 6.29. The van der Waals surface area contributed by atoms with Gasteiger partial charge in [0.25, 0.3) is 0 Å². The summed E-state index contributed by atoms with van der Waals surface area (Å²) in [7, 11) is 0. The molecule has 0 atom stereocenters. The lowest BCUT2D eigenvalue weighted by Gasteiger charge is -2.11. The number of pyridine rings is 1. The minimum atomic E-state index is 0.499. The van der Waals surface area contributed by atoms with Gasteiger partial charge >= 0.3 is 0 Å². The zero-order valence-electron chi connectivity index (χ0n) is 13.8. The molecular weight excluding hydrogens is 306 g/mol. The molecule has 118 valence electrons. The van der Waals surface area contributed by atoms with E-state index in [0.29, 0.717) is 5.15 Å². The predicted molar refractivity (Wildman–Crippen MR) is 97.6 cm³/mol. The van der Waals surface area contributed by atoms with Gasteiger partial charge in [-0.2, -0.15) is 0 Å². The molecule has 4 heteroatoms. The first kappa shape index (κ1) is 17.1. The number of allylic oxidation sites excluding steroid dienone is 1. The molecule has 0 fully saturated rings. The van der Waals surface area contributed by atoms with Crippen LogP contribution in [0.25, 0.3) is 16.5 Å². The van der Waals surface area contributed by atoms with Crippen molar-refractivity contribution in [2.24, 2.45) is 0 Å². The summed E-state index contributed by atoms with van der Waals surface area (Å²) < 4.78 is 0. The van der Waals surface area contributed by atoms with Gasteiger partial charge in [0.2, 0.25) is 0 Å². The molecule has 2 aromatic heterocycles. The Morgan fingerprint density at radius 1 is 1.13 bits per heavy atom. The molecule has 0 spiro atoms. The standard InChI is InChI=1S/C17H14ClN3.C2H6/c1-3-14(17-11(2)4-7-16(18)21-17)12-5-6-15-13(8-12)9-19-10-20-15;1-2/h3-10H,1-2H3;1-2H3/b14-3-;. The highest BCUT2D eigenvalue weighted by Crippen LogP contribution is 2.27. The second-order valence-corrected chi connectivity index (χ2v) is 5.19. The number of benzene rings is 1. The highest BCUT2D eigenvalue weighted by atomic mass is 35.5. The van der Waals surface area contributed by atoms with Crippen molar-refractivity contribution in [2.45, 2.75) is 27.7 Å². The van der Waals surface area contributed by atoms with E-state index in [0.717, 1.165) is 33.3 Å². The molecule has 0 radical (unpaired) electrons. The Labute approximate surface area is 142 Å². The van der Waals surface area contributed by atoms with Gasteiger partial charge in [-0.3, -0.25) is 0 Å². The number of fused-ring (bicyclic) bond motifs is 1. The van der Waals surface area contributed by atoms with Crippen LogP contribution in [-0.4, -0.2) is 15.0 Å². The Morgan fingerprint density at radius 3 is 2.65 bits per heavy atom. The van der Waals surface area contributed by atoms with Crippen molar-refractivity contribution in [3.05, 3.63) is 70.9 Å². The van der Waals surface area contributed by atoms with E-state index < -0.39 is 0 Å². The maximum atomic E-state index is 6.04. The summed E-state index contributed by atoms with van der Waals surface area (Å²) in [6.07, 6.45) is 5.43. The molecule has 0 aliphatic heterocycles. The SMILES string of the molecule is C/C=C(/c1ccc2ncncc2c1)c1nc(Cl)ccc1C.CC. The second kappa shape index (κ2) is 7.84. The topological polar surface area (TPSA) is 38.7 Å². The number of aryl methyl sites for hydroxylation is 1. The Bertz CT molecular complexity index is 841. The molecule has 0 aliphatic carbocycles. The smallest absolute Gasteiger partial charge is 0.129 e. The number of hydrogen-bond donors (Lipinski definition) is 0. The van der Waals surface area contributed by atoms with Crippen LogP contribution in [0.15, 0.2) is 48.9 Å². The van der Waals surface area contributed by atoms with Crippen LogP contribution in [0.1, 0.15) is 37.6 Å². The largest absolute Gasteiger partial charge is 0.244 e. The monoisotopic (exact) mass is 325 g/mol. The van der Waals surface area contributed by atoms with Gasteiger partial charge in [0.15, 0.2) is 0 Å². The van der Waals surface area contributed by atoms with Crippen LogP contribution in [0.2, 0.25) is 5.15 Å². The molecule has 3 rings (SSSR count). The number of nitrogens with zero attached hydrogens (tertiary/aromatic N) is 3. The molecule has 0 saturated heterocycles. The van der Waals surface area contributed by atoms with Gasteiger partial charge in [0.05, 0.1) is 11.2 Å². The molecule has 2 heterocycles. The third kappa shape index (κ3) is 3.74. The van der Waals surface area contributed by atoms with E-state index in [1.54, 1.807) is 6.33 Å². The third-order valence-electron chi connectivity index (χ3n) is 3.42. The van der Waals surface area contributed by atoms with Crippen LogP contribution in [0, 0.1) is 6.92 Å². The van der Waals surface area contributed by atoms with Crippen molar-refractivity contribution in [3.63, 3.8) is 0 Å². The van der Waals surface area contributed by atoms with E-state index in [-0.39, 0.29) is 0 Å². The molecule has 0 saturated carbocycles. The fourth-order valence-corrected chi connectivity index (χ4v) is 2.52. The maximum Gasteiger partial charge on any atom is 0.129 e. The minimum Gasteiger partial charge on any atom is -0.244 e. The summed E-state index contributed by atoms with van der Waals surface area (Å²) in [4.78, 5) is 12.8. The van der Waals surface area contributed by atoms with Gasteiger partial charge in [-0.05, 0) is 43.2 Å². The fraction of sp³-hybridized carbons (Fsp3) is 0.211. The molecule has 1 aromatic carbocycles. The van der Waals surface area contributed by atoms with E-state index in [1.165, 1.54) is 0 Å². The maximum absolute atomic E-state index is 6.04. The van der Waals surface area contributed by atoms with E-state index in [9.17, 15) is 0 Å². The van der Waals surface area contributed by atoms with Gasteiger partial charge < -0.3 is 0 Å². The zero-order valence-corrected chi connectivity index (χ0v) is 14.6. The first-order chi connectivity index (χ1) is 11.2. The number of rotatable bonds is 2. The third-order valence-corrected chi connectivity index (χ3v) is 3.63. The Balaban J connectivity index is 0.000000924. The molecule has 23 heavy (non-hydrogen) atoms. The molecule has 0 bridgehead atoms. The summed E-state index contributed by atoms with van der Waals surface area (Å²) in [5, 5.41) is 1.51. The highest BCUT2D eigenvalue weighted by Gasteiger charge is 2.10. The number of aromatic nitrogens is 3. The number of halogens is 1. The zero-order chi connectivity index (χ0) is 16.8. The minimum absolute atomic E-state index is 0.499. The lowest BCUT2D eigenvalue weighted by Crippen LogP contribution is -1.96. The first-order valence-corrected chi connectivity index (χ1v) is 8.07. The van der Waals surface area contributed by atoms with Gasteiger partial charge in [-0.15, -0.1) is 0 Å². The van der Waals surface area contributed by atoms with Gasteiger partial charge in [-0.25, -0.2) is 15.0 Å². The summed E-state index contributed by atoms with van der Waals surface area (Å²) in [6.45, 7) is 8.04. The predicted octanol–water partition coefficient (Wildman–Crippen LogP) is 5.46. The van der Waals surface area contributed by atoms with Gasteiger partial charge in [0, 0.05) is 17.2 Å². The van der Waals surface area contributed by atoms with Crippen LogP contribution in [-0.2, 0) is 0 Å². The van der Waals surface area contributed by atoms with E-state index in [1.807, 2.05) is 58.2 Å². The van der Waals surface area contributed by atoms with Crippen molar-refractivity contribution >= 4 is 28.1 Å². The fourth-order valence-electron chi connectivity index (χ4n) is 2.37. The molecule has 0 unspecified atom stereocenters. The lowest BCUT2D eigenvalue weighted by atomic mass is 9.98. The summed E-state index contributed by atoms with van der Waals surface area (Å²) in [6, 6.07) is 9.91. The van der Waals surface area contributed by atoms with Crippen LogP contribution in [0.4, 0.5) is 0 Å². The van der Waals surface area contributed by atoms with E-state index in [2.05, 4.69) is 27.1 Å². The van der Waals surface area contributed by atoms with Crippen molar-refractivity contribution in [1.29, 1.82) is 0 Å². The molecule has 0 amide bonds. The average Bonchev–Trinajstić information content (AvgIpc) is 2.60.